The highest BCUT2D eigenvalue weighted by atomic mass is 35.5. The number of hydrogen-bond acceptors (Lipinski definition) is 4. The van der Waals surface area contributed by atoms with E-state index >= 15 is 0 Å². The number of alkyl halides is 2. The Kier molecular flexibility index (Phi) is 4.90. The smallest absolute Gasteiger partial charge is 0.277 e. The average molecular weight is 295 g/mol. The Hall–Kier alpha value is -1.60. The maximum absolute atomic E-state index is 12.9. The van der Waals surface area contributed by atoms with Crippen molar-refractivity contribution < 1.29 is 23.0 Å². The molecule has 0 saturated carbocycles. The second-order valence-corrected chi connectivity index (χ2v) is 3.81. The van der Waals surface area contributed by atoms with E-state index in [9.17, 15) is 13.6 Å². The monoisotopic (exact) mass is 294 g/mol. The molecule has 106 valence electrons. The molecule has 1 aliphatic heterocycles. The second-order valence-electron chi connectivity index (χ2n) is 3.81. The normalized spacial score (nSPS) is 12.8. The second kappa shape index (κ2) is 6.03. The van der Waals surface area contributed by atoms with Gasteiger partial charge in [0.05, 0.1) is 13.1 Å². The van der Waals surface area contributed by atoms with Gasteiger partial charge in [-0.25, -0.2) is 8.78 Å². The number of carbonyl (C=O) groups is 1. The quantitative estimate of drug-likeness (QED) is 0.874. The van der Waals surface area contributed by atoms with E-state index in [4.69, 9.17) is 15.2 Å². The van der Waals surface area contributed by atoms with Crippen molar-refractivity contribution in [2.24, 2.45) is 5.73 Å². The lowest BCUT2D eigenvalue weighted by molar-refractivity contribution is 0.0118. The molecule has 0 unspecified atom stereocenters. The van der Waals surface area contributed by atoms with Gasteiger partial charge >= 0.3 is 0 Å². The van der Waals surface area contributed by atoms with Crippen LogP contribution in [0.5, 0.6) is 11.5 Å². The highest BCUT2D eigenvalue weighted by Crippen LogP contribution is 2.32. The standard InChI is InChI=1S/C11H12F2N2O3.ClH/c12-11(13,4-14)5-15-10(16)7-1-2-8-9(3-7)18-6-17-8;/h1-3H,4-6,14H2,(H,15,16);1H. The van der Waals surface area contributed by atoms with Crippen LogP contribution in [0.3, 0.4) is 0 Å². The summed E-state index contributed by atoms with van der Waals surface area (Å²) in [5.74, 6) is -2.76. The van der Waals surface area contributed by atoms with Crippen molar-refractivity contribution in [3.8, 4) is 11.5 Å². The zero-order chi connectivity index (χ0) is 13.2. The van der Waals surface area contributed by atoms with E-state index in [1.807, 2.05) is 0 Å². The van der Waals surface area contributed by atoms with Crippen molar-refractivity contribution in [2.75, 3.05) is 19.9 Å². The molecule has 3 N–H and O–H groups in total. The van der Waals surface area contributed by atoms with Crippen LogP contribution in [0.2, 0.25) is 0 Å². The SMILES string of the molecule is Cl.NCC(F)(F)CNC(=O)c1ccc2c(c1)OCO2. The van der Waals surface area contributed by atoms with Crippen molar-refractivity contribution in [1.29, 1.82) is 0 Å². The van der Waals surface area contributed by atoms with Gasteiger partial charge in [-0.3, -0.25) is 4.79 Å². The lowest BCUT2D eigenvalue weighted by Gasteiger charge is -2.14. The highest BCUT2D eigenvalue weighted by Gasteiger charge is 2.27. The van der Waals surface area contributed by atoms with Gasteiger partial charge in [0.25, 0.3) is 11.8 Å². The Bertz CT molecular complexity index is 471. The fourth-order valence-electron chi connectivity index (χ4n) is 1.42. The fourth-order valence-corrected chi connectivity index (χ4v) is 1.42. The lowest BCUT2D eigenvalue weighted by Crippen LogP contribution is -2.41. The number of benzene rings is 1. The van der Waals surface area contributed by atoms with E-state index in [2.05, 4.69) is 5.32 Å². The summed E-state index contributed by atoms with van der Waals surface area (Å²) in [6.45, 7) is -1.52. The summed E-state index contributed by atoms with van der Waals surface area (Å²) in [4.78, 5) is 11.6. The first-order chi connectivity index (χ1) is 8.52. The van der Waals surface area contributed by atoms with Gasteiger partial charge in [0.2, 0.25) is 6.79 Å². The van der Waals surface area contributed by atoms with Crippen molar-refractivity contribution in [2.45, 2.75) is 5.92 Å². The van der Waals surface area contributed by atoms with Crippen LogP contribution in [0.15, 0.2) is 18.2 Å². The summed E-state index contributed by atoms with van der Waals surface area (Å²) in [5.41, 5.74) is 5.10. The van der Waals surface area contributed by atoms with Crippen LogP contribution in [0, 0.1) is 0 Å². The van der Waals surface area contributed by atoms with Crippen LogP contribution in [-0.2, 0) is 0 Å². The molecule has 1 aromatic rings. The molecule has 0 aliphatic carbocycles. The highest BCUT2D eigenvalue weighted by molar-refractivity contribution is 5.94. The van der Waals surface area contributed by atoms with Crippen LogP contribution >= 0.6 is 12.4 Å². The van der Waals surface area contributed by atoms with Gasteiger partial charge in [-0.1, -0.05) is 0 Å². The molecular weight excluding hydrogens is 282 g/mol. The van der Waals surface area contributed by atoms with Crippen LogP contribution in [0.4, 0.5) is 8.78 Å². The average Bonchev–Trinajstić information content (AvgIpc) is 2.83. The molecule has 1 heterocycles. The van der Waals surface area contributed by atoms with Crippen molar-refractivity contribution in [3.63, 3.8) is 0 Å². The van der Waals surface area contributed by atoms with Gasteiger partial charge in [-0.15, -0.1) is 12.4 Å². The third-order valence-electron chi connectivity index (χ3n) is 2.44. The van der Waals surface area contributed by atoms with Gasteiger partial charge in [-0.05, 0) is 18.2 Å². The molecule has 0 saturated heterocycles. The molecule has 1 aliphatic rings. The van der Waals surface area contributed by atoms with Gasteiger partial charge in [0, 0.05) is 5.56 Å². The van der Waals surface area contributed by atoms with E-state index in [0.29, 0.717) is 11.5 Å². The molecule has 1 aromatic carbocycles. The van der Waals surface area contributed by atoms with Crippen LogP contribution in [0.25, 0.3) is 0 Å². The number of halogens is 3. The number of ether oxygens (including phenoxy) is 2. The van der Waals surface area contributed by atoms with E-state index in [-0.39, 0.29) is 24.8 Å². The molecule has 2 rings (SSSR count). The predicted octanol–water partition coefficient (Wildman–Crippen LogP) is 1.16. The number of nitrogens with two attached hydrogens (primary N) is 1. The molecule has 0 radical (unpaired) electrons. The zero-order valence-electron chi connectivity index (χ0n) is 9.82. The number of rotatable bonds is 4. The van der Waals surface area contributed by atoms with Gasteiger partial charge in [-0.2, -0.15) is 0 Å². The minimum atomic E-state index is -3.11. The summed E-state index contributed by atoms with van der Waals surface area (Å²) in [6.07, 6.45) is 0. The van der Waals surface area contributed by atoms with E-state index in [1.54, 1.807) is 6.07 Å². The molecule has 0 fully saturated rings. The van der Waals surface area contributed by atoms with Crippen molar-refractivity contribution in [1.82, 2.24) is 5.32 Å². The maximum atomic E-state index is 12.9. The topological polar surface area (TPSA) is 73.6 Å². The Labute approximate surface area is 114 Å². The largest absolute Gasteiger partial charge is 0.454 e. The van der Waals surface area contributed by atoms with Crippen LogP contribution in [0.1, 0.15) is 10.4 Å². The molecule has 8 heteroatoms. The minimum Gasteiger partial charge on any atom is -0.454 e. The Morgan fingerprint density at radius 2 is 2.05 bits per heavy atom. The lowest BCUT2D eigenvalue weighted by atomic mass is 10.2. The number of hydrogen-bond donors (Lipinski definition) is 2. The summed E-state index contributed by atoms with van der Waals surface area (Å²) in [7, 11) is 0. The zero-order valence-corrected chi connectivity index (χ0v) is 10.6. The van der Waals surface area contributed by atoms with Gasteiger partial charge in [0.1, 0.15) is 0 Å². The fraction of sp³-hybridized carbons (Fsp3) is 0.364. The summed E-state index contributed by atoms with van der Waals surface area (Å²) < 4.78 is 35.9. The third-order valence-corrected chi connectivity index (χ3v) is 2.44. The maximum Gasteiger partial charge on any atom is 0.277 e. The Morgan fingerprint density at radius 1 is 1.37 bits per heavy atom. The van der Waals surface area contributed by atoms with Crippen LogP contribution in [-0.4, -0.2) is 31.7 Å². The van der Waals surface area contributed by atoms with E-state index in [1.165, 1.54) is 12.1 Å². The van der Waals surface area contributed by atoms with Crippen molar-refractivity contribution >= 4 is 18.3 Å². The van der Waals surface area contributed by atoms with E-state index < -0.39 is 24.9 Å². The Balaban J connectivity index is 0.00000180. The van der Waals surface area contributed by atoms with Gasteiger partial charge < -0.3 is 20.5 Å². The molecule has 0 spiro atoms. The molecule has 0 aromatic heterocycles. The first kappa shape index (κ1) is 15.5. The van der Waals surface area contributed by atoms with Crippen LogP contribution < -0.4 is 20.5 Å². The number of nitrogens with one attached hydrogen (secondary N) is 1. The Morgan fingerprint density at radius 3 is 2.74 bits per heavy atom. The first-order valence-corrected chi connectivity index (χ1v) is 5.27. The molecule has 5 nitrogen and oxygen atoms in total. The number of fused-ring (bicyclic) bond motifs is 1. The predicted molar refractivity (Wildman–Crippen MR) is 66.1 cm³/mol. The molecule has 0 atom stereocenters. The molecule has 19 heavy (non-hydrogen) atoms. The molecule has 1 amide bonds. The molecule has 0 bridgehead atoms. The number of carbonyl (C=O) groups excluding carboxylic acids is 1. The first-order valence-electron chi connectivity index (χ1n) is 5.27. The minimum absolute atomic E-state index is 0. The molecular formula is C11H13ClF2N2O3. The van der Waals surface area contributed by atoms with Crippen molar-refractivity contribution in [3.05, 3.63) is 23.8 Å². The summed E-state index contributed by atoms with van der Waals surface area (Å²) >= 11 is 0. The number of amides is 1. The summed E-state index contributed by atoms with van der Waals surface area (Å²) in [5, 5.41) is 2.12. The van der Waals surface area contributed by atoms with Gasteiger partial charge in [0.15, 0.2) is 11.5 Å². The van der Waals surface area contributed by atoms with E-state index in [0.717, 1.165) is 0 Å². The third kappa shape index (κ3) is 3.68. The summed E-state index contributed by atoms with van der Waals surface area (Å²) in [6, 6.07) is 4.47.